The molecule has 2 aromatic rings. The first-order chi connectivity index (χ1) is 10.2. The highest BCUT2D eigenvalue weighted by Gasteiger charge is 2.33. The monoisotopic (exact) mass is 320 g/mol. The van der Waals surface area contributed by atoms with Gasteiger partial charge in [-0.3, -0.25) is 10.00 Å². The number of aromatic nitrogens is 2. The van der Waals surface area contributed by atoms with Crippen LogP contribution in [0, 0.1) is 19.8 Å². The predicted molar refractivity (Wildman–Crippen MR) is 92.3 cm³/mol. The molecule has 1 aromatic carbocycles. The van der Waals surface area contributed by atoms with Crippen molar-refractivity contribution in [1.82, 2.24) is 15.1 Å². The Morgan fingerprint density at radius 3 is 2.55 bits per heavy atom. The van der Waals surface area contributed by atoms with Crippen LogP contribution in [-0.2, 0) is 6.54 Å². The van der Waals surface area contributed by atoms with Crippen molar-refractivity contribution in [3.8, 4) is 0 Å². The van der Waals surface area contributed by atoms with E-state index in [1.54, 1.807) is 0 Å². The van der Waals surface area contributed by atoms with Crippen molar-refractivity contribution in [3.63, 3.8) is 0 Å². The van der Waals surface area contributed by atoms with Crippen molar-refractivity contribution in [2.45, 2.75) is 26.3 Å². The number of hydrogen-bond acceptors (Lipinski definition) is 3. The first kappa shape index (κ1) is 17.0. The summed E-state index contributed by atoms with van der Waals surface area (Å²) >= 11 is 0. The molecule has 0 radical (unpaired) electrons. The standard InChI is InChI=1S/C17H24N4.ClH/c1-12-16(13(2)20-19-12)10-21-9-15(8-18)17(11-21)14-6-4-3-5-7-14;/h3-7,15,17H,8-11,18H2,1-2H3,(H,19,20);1H/t15-,17+;/m1./s1. The minimum Gasteiger partial charge on any atom is -0.330 e. The lowest BCUT2D eigenvalue weighted by Crippen LogP contribution is -2.23. The van der Waals surface area contributed by atoms with E-state index in [2.05, 4.69) is 59.3 Å². The van der Waals surface area contributed by atoms with Gasteiger partial charge >= 0.3 is 0 Å². The zero-order chi connectivity index (χ0) is 14.8. The molecule has 5 heteroatoms. The summed E-state index contributed by atoms with van der Waals surface area (Å²) in [5, 5.41) is 7.38. The van der Waals surface area contributed by atoms with E-state index in [9.17, 15) is 0 Å². The molecule has 1 saturated heterocycles. The van der Waals surface area contributed by atoms with E-state index in [0.29, 0.717) is 11.8 Å². The van der Waals surface area contributed by atoms with Crippen molar-refractivity contribution < 1.29 is 0 Å². The van der Waals surface area contributed by atoms with Crippen LogP contribution in [-0.4, -0.2) is 34.7 Å². The molecule has 2 atom stereocenters. The molecule has 0 amide bonds. The van der Waals surface area contributed by atoms with Crippen LogP contribution in [0.3, 0.4) is 0 Å². The Morgan fingerprint density at radius 1 is 1.23 bits per heavy atom. The van der Waals surface area contributed by atoms with E-state index in [1.807, 2.05) is 0 Å². The third kappa shape index (κ3) is 3.35. The summed E-state index contributed by atoms with van der Waals surface area (Å²) in [6.07, 6.45) is 0. The lowest BCUT2D eigenvalue weighted by atomic mass is 9.89. The third-order valence-electron chi connectivity index (χ3n) is 4.71. The number of rotatable bonds is 4. The SMILES string of the molecule is Cc1n[nH]c(C)c1CN1C[C@@H](CN)[C@H](c2ccccc2)C1.Cl. The molecule has 4 nitrogen and oxygen atoms in total. The van der Waals surface area contributed by atoms with Crippen LogP contribution < -0.4 is 5.73 Å². The minimum absolute atomic E-state index is 0. The molecule has 120 valence electrons. The molecule has 0 spiro atoms. The first-order valence-corrected chi connectivity index (χ1v) is 7.67. The summed E-state index contributed by atoms with van der Waals surface area (Å²) in [6.45, 7) is 8.04. The molecule has 0 unspecified atom stereocenters. The van der Waals surface area contributed by atoms with Crippen LogP contribution in [0.5, 0.6) is 0 Å². The second kappa shape index (κ2) is 7.27. The topological polar surface area (TPSA) is 57.9 Å². The maximum Gasteiger partial charge on any atom is 0.0639 e. The second-order valence-corrected chi connectivity index (χ2v) is 6.12. The first-order valence-electron chi connectivity index (χ1n) is 7.67. The summed E-state index contributed by atoms with van der Waals surface area (Å²) < 4.78 is 0. The highest BCUT2D eigenvalue weighted by Crippen LogP contribution is 2.33. The van der Waals surface area contributed by atoms with Gasteiger partial charge in [0.2, 0.25) is 0 Å². The van der Waals surface area contributed by atoms with Crippen LogP contribution >= 0.6 is 12.4 Å². The lowest BCUT2D eigenvalue weighted by Gasteiger charge is -2.17. The molecule has 1 aliphatic heterocycles. The van der Waals surface area contributed by atoms with Gasteiger partial charge in [0.25, 0.3) is 0 Å². The molecule has 0 saturated carbocycles. The molecule has 3 N–H and O–H groups in total. The van der Waals surface area contributed by atoms with Crippen LogP contribution in [0.1, 0.15) is 28.4 Å². The predicted octanol–water partition coefficient (Wildman–Crippen LogP) is 2.62. The Bertz CT molecular complexity index is 576. The quantitative estimate of drug-likeness (QED) is 0.910. The molecule has 0 aliphatic carbocycles. The summed E-state index contributed by atoms with van der Waals surface area (Å²) in [6, 6.07) is 10.8. The van der Waals surface area contributed by atoms with E-state index in [0.717, 1.165) is 31.9 Å². The Hall–Kier alpha value is -1.36. The van der Waals surface area contributed by atoms with Crippen molar-refractivity contribution >= 4 is 12.4 Å². The van der Waals surface area contributed by atoms with Crippen LogP contribution in [0.2, 0.25) is 0 Å². The van der Waals surface area contributed by atoms with E-state index < -0.39 is 0 Å². The van der Waals surface area contributed by atoms with Crippen LogP contribution in [0.4, 0.5) is 0 Å². The van der Waals surface area contributed by atoms with Crippen molar-refractivity contribution in [2.24, 2.45) is 11.7 Å². The van der Waals surface area contributed by atoms with Gasteiger partial charge in [0.15, 0.2) is 0 Å². The fraction of sp³-hybridized carbons (Fsp3) is 0.471. The molecule has 1 aromatic heterocycles. The van der Waals surface area contributed by atoms with Crippen molar-refractivity contribution in [2.75, 3.05) is 19.6 Å². The van der Waals surface area contributed by atoms with Gasteiger partial charge in [0.05, 0.1) is 5.69 Å². The number of likely N-dealkylation sites (tertiary alicyclic amines) is 1. The van der Waals surface area contributed by atoms with E-state index >= 15 is 0 Å². The number of aromatic amines is 1. The Labute approximate surface area is 138 Å². The third-order valence-corrected chi connectivity index (χ3v) is 4.71. The van der Waals surface area contributed by atoms with Gasteiger partial charge in [-0.1, -0.05) is 30.3 Å². The van der Waals surface area contributed by atoms with Crippen molar-refractivity contribution in [3.05, 3.63) is 52.8 Å². The largest absolute Gasteiger partial charge is 0.330 e. The average Bonchev–Trinajstić information content (AvgIpc) is 3.06. The number of nitrogens with one attached hydrogen (secondary N) is 1. The van der Waals surface area contributed by atoms with Crippen LogP contribution in [0.15, 0.2) is 30.3 Å². The average molecular weight is 321 g/mol. The number of nitrogens with two attached hydrogens (primary N) is 1. The molecule has 3 rings (SSSR count). The normalized spacial score (nSPS) is 21.8. The van der Waals surface area contributed by atoms with Gasteiger partial charge in [-0.25, -0.2) is 0 Å². The number of halogens is 1. The highest BCUT2D eigenvalue weighted by atomic mass is 35.5. The van der Waals surface area contributed by atoms with Gasteiger partial charge in [-0.15, -0.1) is 12.4 Å². The molecule has 2 heterocycles. The molecule has 1 fully saturated rings. The minimum atomic E-state index is 0. The summed E-state index contributed by atoms with van der Waals surface area (Å²) in [5.41, 5.74) is 11.0. The number of H-pyrrole nitrogens is 1. The Kier molecular flexibility index (Phi) is 5.62. The maximum absolute atomic E-state index is 6.01. The van der Waals surface area contributed by atoms with Gasteiger partial charge in [-0.2, -0.15) is 5.10 Å². The van der Waals surface area contributed by atoms with Gasteiger partial charge in [0, 0.05) is 36.8 Å². The second-order valence-electron chi connectivity index (χ2n) is 6.12. The summed E-state index contributed by atoms with van der Waals surface area (Å²) in [5.74, 6) is 1.09. The fourth-order valence-corrected chi connectivity index (χ4v) is 3.44. The molecule has 0 bridgehead atoms. The Balaban J connectivity index is 0.00000176. The molecular formula is C17H25ClN4. The smallest absolute Gasteiger partial charge is 0.0639 e. The zero-order valence-corrected chi connectivity index (χ0v) is 14.1. The van der Waals surface area contributed by atoms with Crippen LogP contribution in [0.25, 0.3) is 0 Å². The maximum atomic E-state index is 6.01. The number of benzene rings is 1. The molecule has 1 aliphatic rings. The number of aryl methyl sites for hydroxylation is 2. The summed E-state index contributed by atoms with van der Waals surface area (Å²) in [7, 11) is 0. The van der Waals surface area contributed by atoms with E-state index in [-0.39, 0.29) is 12.4 Å². The van der Waals surface area contributed by atoms with Crippen molar-refractivity contribution in [1.29, 1.82) is 0 Å². The number of nitrogens with zero attached hydrogens (tertiary/aromatic N) is 2. The lowest BCUT2D eigenvalue weighted by molar-refractivity contribution is 0.315. The van der Waals surface area contributed by atoms with Gasteiger partial charge < -0.3 is 5.73 Å². The zero-order valence-electron chi connectivity index (χ0n) is 13.2. The Morgan fingerprint density at radius 2 is 1.95 bits per heavy atom. The molecule has 22 heavy (non-hydrogen) atoms. The van der Waals surface area contributed by atoms with Gasteiger partial charge in [0.1, 0.15) is 0 Å². The molecular weight excluding hydrogens is 296 g/mol. The highest BCUT2D eigenvalue weighted by molar-refractivity contribution is 5.85. The summed E-state index contributed by atoms with van der Waals surface area (Å²) in [4.78, 5) is 2.51. The van der Waals surface area contributed by atoms with E-state index in [1.165, 1.54) is 16.8 Å². The fourth-order valence-electron chi connectivity index (χ4n) is 3.44. The number of hydrogen-bond donors (Lipinski definition) is 2. The van der Waals surface area contributed by atoms with Gasteiger partial charge in [-0.05, 0) is 31.9 Å². The van der Waals surface area contributed by atoms with E-state index in [4.69, 9.17) is 5.73 Å².